The molecule has 1 aromatic carbocycles. The molecule has 0 saturated carbocycles. The van der Waals surface area contributed by atoms with E-state index in [1.807, 2.05) is 6.07 Å². The van der Waals surface area contributed by atoms with Crippen molar-refractivity contribution >= 4 is 18.3 Å². The first-order chi connectivity index (χ1) is 11.5. The van der Waals surface area contributed by atoms with E-state index < -0.39 is 0 Å². The molecule has 4 nitrogen and oxygen atoms in total. The van der Waals surface area contributed by atoms with E-state index in [0.717, 1.165) is 48.8 Å². The normalized spacial score (nSPS) is 22.0. The first kappa shape index (κ1) is 18.0. The molecule has 5 heteroatoms. The van der Waals surface area contributed by atoms with Gasteiger partial charge >= 0.3 is 0 Å². The Balaban J connectivity index is 0.00000182. The van der Waals surface area contributed by atoms with E-state index in [1.165, 1.54) is 5.56 Å². The van der Waals surface area contributed by atoms with Crippen LogP contribution in [0.2, 0.25) is 0 Å². The van der Waals surface area contributed by atoms with Crippen LogP contribution in [-0.2, 0) is 0 Å². The van der Waals surface area contributed by atoms with Gasteiger partial charge in [0.1, 0.15) is 0 Å². The standard InChI is InChI=1S/C20H25N3O.ClH/c1-13-5-4-6-18(7-13)23-14(2)8-19(15(23)3)20(24)22-11-16-9-21-10-17(16)12-22;/h4-8,16-17,21H,9-12H2,1-3H3;1H/t16-,17+;. The molecule has 1 amide bonds. The van der Waals surface area contributed by atoms with Crippen LogP contribution < -0.4 is 5.32 Å². The molecule has 0 radical (unpaired) electrons. The Morgan fingerprint density at radius 1 is 1.08 bits per heavy atom. The number of amides is 1. The van der Waals surface area contributed by atoms with Crippen LogP contribution in [0.15, 0.2) is 30.3 Å². The Bertz CT molecular complexity index is 786. The van der Waals surface area contributed by atoms with Gasteiger partial charge in [-0.15, -0.1) is 12.4 Å². The number of hydrogen-bond donors (Lipinski definition) is 1. The summed E-state index contributed by atoms with van der Waals surface area (Å²) in [5.41, 5.74) is 5.36. The number of aryl methyl sites for hydroxylation is 2. The van der Waals surface area contributed by atoms with Crippen LogP contribution in [0, 0.1) is 32.6 Å². The molecule has 0 unspecified atom stereocenters. The summed E-state index contributed by atoms with van der Waals surface area (Å²) in [5, 5.41) is 3.43. The maximum Gasteiger partial charge on any atom is 0.255 e. The zero-order chi connectivity index (χ0) is 16.8. The maximum atomic E-state index is 13.1. The molecule has 2 aliphatic rings. The molecule has 25 heavy (non-hydrogen) atoms. The zero-order valence-corrected chi connectivity index (χ0v) is 15.9. The van der Waals surface area contributed by atoms with Gasteiger partial charge < -0.3 is 14.8 Å². The van der Waals surface area contributed by atoms with Crippen molar-refractivity contribution in [2.75, 3.05) is 26.2 Å². The van der Waals surface area contributed by atoms with Gasteiger partial charge in [0.2, 0.25) is 0 Å². The minimum absolute atomic E-state index is 0. The van der Waals surface area contributed by atoms with Gasteiger partial charge in [-0.2, -0.15) is 0 Å². The highest BCUT2D eigenvalue weighted by molar-refractivity contribution is 5.96. The predicted molar refractivity (Wildman–Crippen MR) is 103 cm³/mol. The number of nitrogens with one attached hydrogen (secondary N) is 1. The number of hydrogen-bond acceptors (Lipinski definition) is 2. The summed E-state index contributed by atoms with van der Waals surface area (Å²) >= 11 is 0. The van der Waals surface area contributed by atoms with Crippen LogP contribution in [0.4, 0.5) is 0 Å². The molecule has 2 aromatic rings. The molecule has 2 saturated heterocycles. The third kappa shape index (κ3) is 3.09. The van der Waals surface area contributed by atoms with Crippen LogP contribution in [-0.4, -0.2) is 41.6 Å². The van der Waals surface area contributed by atoms with Crippen LogP contribution in [0.3, 0.4) is 0 Å². The maximum absolute atomic E-state index is 13.1. The average molecular weight is 360 g/mol. The van der Waals surface area contributed by atoms with Gasteiger partial charge in [0.25, 0.3) is 5.91 Å². The molecule has 0 aliphatic carbocycles. The van der Waals surface area contributed by atoms with Gasteiger partial charge in [-0.1, -0.05) is 12.1 Å². The zero-order valence-electron chi connectivity index (χ0n) is 15.1. The van der Waals surface area contributed by atoms with Gasteiger partial charge in [-0.3, -0.25) is 4.79 Å². The second kappa shape index (κ2) is 6.85. The number of rotatable bonds is 2. The van der Waals surface area contributed by atoms with E-state index in [4.69, 9.17) is 0 Å². The lowest BCUT2D eigenvalue weighted by atomic mass is 10.0. The van der Waals surface area contributed by atoms with Gasteiger partial charge in [-0.25, -0.2) is 0 Å². The molecule has 4 rings (SSSR count). The van der Waals surface area contributed by atoms with Crippen LogP contribution in [0.25, 0.3) is 5.69 Å². The third-order valence-electron chi connectivity index (χ3n) is 5.60. The highest BCUT2D eigenvalue weighted by atomic mass is 35.5. The highest BCUT2D eigenvalue weighted by Gasteiger charge is 2.38. The van der Waals surface area contributed by atoms with Crippen molar-refractivity contribution in [1.29, 1.82) is 0 Å². The topological polar surface area (TPSA) is 37.3 Å². The summed E-state index contributed by atoms with van der Waals surface area (Å²) in [4.78, 5) is 15.1. The molecule has 0 bridgehead atoms. The monoisotopic (exact) mass is 359 g/mol. The summed E-state index contributed by atoms with van der Waals surface area (Å²) in [6, 6.07) is 10.5. The highest BCUT2D eigenvalue weighted by Crippen LogP contribution is 2.29. The molecule has 0 spiro atoms. The van der Waals surface area contributed by atoms with E-state index in [9.17, 15) is 4.79 Å². The summed E-state index contributed by atoms with van der Waals surface area (Å²) in [6.07, 6.45) is 0. The Morgan fingerprint density at radius 2 is 1.76 bits per heavy atom. The van der Waals surface area contributed by atoms with Gasteiger partial charge in [-0.05, 0) is 56.4 Å². The predicted octanol–water partition coefficient (Wildman–Crippen LogP) is 3.12. The Morgan fingerprint density at radius 3 is 2.40 bits per heavy atom. The molecule has 134 valence electrons. The van der Waals surface area contributed by atoms with Crippen LogP contribution >= 0.6 is 12.4 Å². The summed E-state index contributed by atoms with van der Waals surface area (Å²) < 4.78 is 2.19. The number of fused-ring (bicyclic) bond motifs is 1. The molecule has 1 N–H and O–H groups in total. The second-order valence-electron chi connectivity index (χ2n) is 7.35. The Kier molecular flexibility index (Phi) is 4.94. The van der Waals surface area contributed by atoms with Crippen molar-refractivity contribution in [2.45, 2.75) is 20.8 Å². The number of halogens is 1. The quantitative estimate of drug-likeness (QED) is 0.894. The van der Waals surface area contributed by atoms with E-state index in [0.29, 0.717) is 11.8 Å². The van der Waals surface area contributed by atoms with Crippen LogP contribution in [0.5, 0.6) is 0 Å². The van der Waals surface area contributed by atoms with Crippen LogP contribution in [0.1, 0.15) is 27.3 Å². The number of carbonyl (C=O) groups is 1. The number of nitrogens with zero attached hydrogens (tertiary/aromatic N) is 2. The van der Waals surface area contributed by atoms with Crippen molar-refractivity contribution in [3.05, 3.63) is 52.8 Å². The average Bonchev–Trinajstić information content (AvgIpc) is 3.20. The van der Waals surface area contributed by atoms with Crippen molar-refractivity contribution in [1.82, 2.24) is 14.8 Å². The number of likely N-dealkylation sites (tertiary alicyclic amines) is 1. The van der Waals surface area contributed by atoms with Gasteiger partial charge in [0.15, 0.2) is 0 Å². The minimum atomic E-state index is 0. The lowest BCUT2D eigenvalue weighted by Crippen LogP contribution is -2.32. The number of carbonyl (C=O) groups excluding carboxylic acids is 1. The first-order valence-electron chi connectivity index (χ1n) is 8.80. The lowest BCUT2D eigenvalue weighted by Gasteiger charge is -2.18. The molecular formula is C20H26ClN3O. The Labute approximate surface area is 155 Å². The number of benzene rings is 1. The van der Waals surface area contributed by atoms with E-state index in [2.05, 4.69) is 59.8 Å². The summed E-state index contributed by atoms with van der Waals surface area (Å²) in [5.74, 6) is 1.46. The van der Waals surface area contributed by atoms with E-state index >= 15 is 0 Å². The third-order valence-corrected chi connectivity index (χ3v) is 5.60. The lowest BCUT2D eigenvalue weighted by molar-refractivity contribution is 0.0781. The second-order valence-corrected chi connectivity index (χ2v) is 7.35. The van der Waals surface area contributed by atoms with E-state index in [1.54, 1.807) is 0 Å². The van der Waals surface area contributed by atoms with Gasteiger partial charge in [0, 0.05) is 43.3 Å². The van der Waals surface area contributed by atoms with E-state index in [-0.39, 0.29) is 18.3 Å². The summed E-state index contributed by atoms with van der Waals surface area (Å²) in [7, 11) is 0. The summed E-state index contributed by atoms with van der Waals surface area (Å²) in [6.45, 7) is 10.1. The Hall–Kier alpha value is -1.78. The fourth-order valence-electron chi connectivity index (χ4n) is 4.34. The SMILES string of the molecule is Cc1cccc(-n2c(C)cc(C(=O)N3C[C@H]4CNC[C@H]4C3)c2C)c1.Cl. The van der Waals surface area contributed by atoms with Crippen molar-refractivity contribution in [2.24, 2.45) is 11.8 Å². The first-order valence-corrected chi connectivity index (χ1v) is 8.80. The largest absolute Gasteiger partial charge is 0.338 e. The molecule has 1 aromatic heterocycles. The molecule has 2 aliphatic heterocycles. The molecule has 2 atom stereocenters. The van der Waals surface area contributed by atoms with Crippen molar-refractivity contribution in [3.8, 4) is 5.69 Å². The van der Waals surface area contributed by atoms with Crippen molar-refractivity contribution in [3.63, 3.8) is 0 Å². The fourth-order valence-corrected chi connectivity index (χ4v) is 4.34. The molecule has 2 fully saturated rings. The molecule has 3 heterocycles. The fraction of sp³-hybridized carbons (Fsp3) is 0.450. The smallest absolute Gasteiger partial charge is 0.255 e. The van der Waals surface area contributed by atoms with Crippen molar-refractivity contribution < 1.29 is 4.79 Å². The van der Waals surface area contributed by atoms with Gasteiger partial charge in [0.05, 0.1) is 5.56 Å². The number of aromatic nitrogens is 1. The minimum Gasteiger partial charge on any atom is -0.338 e. The molecular weight excluding hydrogens is 334 g/mol.